The van der Waals surface area contributed by atoms with E-state index < -0.39 is 11.6 Å². The fraction of sp³-hybridized carbons (Fsp3) is 0.211. The van der Waals surface area contributed by atoms with Crippen LogP contribution in [0.15, 0.2) is 53.1 Å². The molecular formula is C19H16FN3O3. The first-order chi connectivity index (χ1) is 12.6. The van der Waals surface area contributed by atoms with Crippen molar-refractivity contribution in [2.75, 3.05) is 13.1 Å². The van der Waals surface area contributed by atoms with Crippen molar-refractivity contribution in [3.63, 3.8) is 0 Å². The molecule has 26 heavy (non-hydrogen) atoms. The van der Waals surface area contributed by atoms with E-state index in [9.17, 15) is 14.3 Å². The summed E-state index contributed by atoms with van der Waals surface area (Å²) in [5.74, 6) is -1.25. The fourth-order valence-corrected chi connectivity index (χ4v) is 3.16. The minimum absolute atomic E-state index is 0.0440. The number of nitrogens with zero attached hydrogens (tertiary/aromatic N) is 3. The lowest BCUT2D eigenvalue weighted by Gasteiger charge is -2.14. The molecule has 0 saturated carbocycles. The second-order valence-corrected chi connectivity index (χ2v) is 6.24. The summed E-state index contributed by atoms with van der Waals surface area (Å²) < 4.78 is 18.2. The van der Waals surface area contributed by atoms with Crippen LogP contribution >= 0.6 is 0 Å². The van der Waals surface area contributed by atoms with Crippen molar-refractivity contribution in [1.82, 2.24) is 15.0 Å². The minimum atomic E-state index is -0.742. The van der Waals surface area contributed by atoms with Crippen LogP contribution in [0.4, 0.5) is 4.39 Å². The molecule has 2 aromatic carbocycles. The highest BCUT2D eigenvalue weighted by Crippen LogP contribution is 2.28. The largest absolute Gasteiger partial charge is 0.505 e. The van der Waals surface area contributed by atoms with Crippen LogP contribution in [-0.2, 0) is 0 Å². The molecule has 0 radical (unpaired) electrons. The molecule has 1 amide bonds. The Morgan fingerprint density at radius 2 is 2.04 bits per heavy atom. The number of hydrogen-bond acceptors (Lipinski definition) is 5. The molecule has 1 saturated heterocycles. The van der Waals surface area contributed by atoms with Gasteiger partial charge in [-0.3, -0.25) is 4.79 Å². The average molecular weight is 353 g/mol. The number of phenolic OH excluding ortho intramolecular Hbond substituents is 1. The number of benzene rings is 2. The van der Waals surface area contributed by atoms with Crippen molar-refractivity contribution >= 4 is 5.91 Å². The van der Waals surface area contributed by atoms with Gasteiger partial charge in [0.2, 0.25) is 0 Å². The third kappa shape index (κ3) is 3.03. The van der Waals surface area contributed by atoms with E-state index in [4.69, 9.17) is 4.52 Å². The zero-order valence-corrected chi connectivity index (χ0v) is 13.8. The molecule has 1 aromatic heterocycles. The lowest BCUT2D eigenvalue weighted by atomic mass is 9.99. The van der Waals surface area contributed by atoms with E-state index in [0.717, 1.165) is 12.5 Å². The highest BCUT2D eigenvalue weighted by molar-refractivity contribution is 5.91. The molecular weight excluding hydrogens is 337 g/mol. The smallest absolute Gasteiger partial charge is 0.295 e. The molecule has 2 heterocycles. The predicted molar refractivity (Wildman–Crippen MR) is 91.1 cm³/mol. The molecule has 4 rings (SSSR count). The molecule has 1 aliphatic heterocycles. The van der Waals surface area contributed by atoms with Gasteiger partial charge in [-0.1, -0.05) is 35.5 Å². The van der Waals surface area contributed by atoms with Gasteiger partial charge in [-0.2, -0.15) is 4.98 Å². The van der Waals surface area contributed by atoms with Crippen LogP contribution in [0.5, 0.6) is 5.75 Å². The summed E-state index contributed by atoms with van der Waals surface area (Å²) in [5, 5.41) is 13.2. The Hall–Kier alpha value is -3.22. The summed E-state index contributed by atoms with van der Waals surface area (Å²) in [7, 11) is 0. The average Bonchev–Trinajstić information content (AvgIpc) is 3.34. The van der Waals surface area contributed by atoms with E-state index in [1.807, 2.05) is 18.2 Å². The number of hydrogen-bond donors (Lipinski definition) is 1. The van der Waals surface area contributed by atoms with Crippen molar-refractivity contribution in [2.45, 2.75) is 12.3 Å². The summed E-state index contributed by atoms with van der Waals surface area (Å²) >= 11 is 0. The van der Waals surface area contributed by atoms with Gasteiger partial charge in [-0.15, -0.1) is 0 Å². The molecule has 6 nitrogen and oxygen atoms in total. The van der Waals surface area contributed by atoms with Crippen molar-refractivity contribution < 1.29 is 18.8 Å². The van der Waals surface area contributed by atoms with Gasteiger partial charge in [-0.25, -0.2) is 4.39 Å². The molecule has 1 aliphatic rings. The first-order valence-corrected chi connectivity index (χ1v) is 8.28. The van der Waals surface area contributed by atoms with E-state index in [1.54, 1.807) is 4.90 Å². The lowest BCUT2D eigenvalue weighted by molar-refractivity contribution is 0.0775. The Morgan fingerprint density at radius 1 is 1.23 bits per heavy atom. The second kappa shape index (κ2) is 6.59. The monoisotopic (exact) mass is 353 g/mol. The molecule has 1 unspecified atom stereocenters. The Kier molecular flexibility index (Phi) is 4.12. The van der Waals surface area contributed by atoms with E-state index in [-0.39, 0.29) is 17.6 Å². The molecule has 0 aliphatic carbocycles. The van der Waals surface area contributed by atoms with Gasteiger partial charge < -0.3 is 14.5 Å². The van der Waals surface area contributed by atoms with Crippen LogP contribution in [0, 0.1) is 5.82 Å². The van der Waals surface area contributed by atoms with Crippen molar-refractivity contribution in [3.05, 3.63) is 65.7 Å². The quantitative estimate of drug-likeness (QED) is 0.782. The highest BCUT2D eigenvalue weighted by Gasteiger charge is 2.30. The summed E-state index contributed by atoms with van der Waals surface area (Å²) in [6.45, 7) is 1.23. The van der Waals surface area contributed by atoms with E-state index in [0.29, 0.717) is 24.6 Å². The van der Waals surface area contributed by atoms with Gasteiger partial charge in [0.05, 0.1) is 0 Å². The third-order valence-electron chi connectivity index (χ3n) is 4.56. The number of halogens is 1. The Bertz CT molecular complexity index is 942. The van der Waals surface area contributed by atoms with Gasteiger partial charge in [0.15, 0.2) is 11.6 Å². The standard InChI is InChI=1S/C19H16FN3O3/c20-15-7-6-13(10-16(15)24)18-21-17(22-26-18)19(25)23-9-8-14(11-23)12-4-2-1-3-5-12/h1-7,10,14,24H,8-9,11H2. The maximum absolute atomic E-state index is 13.2. The topological polar surface area (TPSA) is 79.5 Å². The Balaban J connectivity index is 1.49. The first-order valence-electron chi connectivity index (χ1n) is 8.28. The molecule has 3 aromatic rings. The number of carbonyl (C=O) groups is 1. The molecule has 0 spiro atoms. The minimum Gasteiger partial charge on any atom is -0.505 e. The van der Waals surface area contributed by atoms with Crippen LogP contribution in [-0.4, -0.2) is 39.1 Å². The maximum atomic E-state index is 13.2. The van der Waals surface area contributed by atoms with E-state index in [1.165, 1.54) is 17.7 Å². The van der Waals surface area contributed by atoms with Gasteiger partial charge >= 0.3 is 0 Å². The number of phenols is 1. The van der Waals surface area contributed by atoms with Gasteiger partial charge in [0.25, 0.3) is 17.6 Å². The number of likely N-dealkylation sites (tertiary alicyclic amines) is 1. The van der Waals surface area contributed by atoms with Crippen LogP contribution < -0.4 is 0 Å². The lowest BCUT2D eigenvalue weighted by Crippen LogP contribution is -2.29. The van der Waals surface area contributed by atoms with Crippen LogP contribution in [0.3, 0.4) is 0 Å². The highest BCUT2D eigenvalue weighted by atomic mass is 19.1. The predicted octanol–water partition coefficient (Wildman–Crippen LogP) is 3.21. The van der Waals surface area contributed by atoms with Crippen molar-refractivity contribution in [3.8, 4) is 17.2 Å². The maximum Gasteiger partial charge on any atom is 0.295 e. The number of rotatable bonds is 3. The summed E-state index contributed by atoms with van der Waals surface area (Å²) in [6.07, 6.45) is 0.881. The summed E-state index contributed by atoms with van der Waals surface area (Å²) in [4.78, 5) is 18.4. The number of aromatic hydroxyl groups is 1. The molecule has 1 N–H and O–H groups in total. The van der Waals surface area contributed by atoms with Crippen LogP contribution in [0.25, 0.3) is 11.5 Å². The van der Waals surface area contributed by atoms with E-state index in [2.05, 4.69) is 22.3 Å². The molecule has 1 atom stereocenters. The van der Waals surface area contributed by atoms with Crippen molar-refractivity contribution in [1.29, 1.82) is 0 Å². The first kappa shape index (κ1) is 16.3. The molecule has 132 valence electrons. The number of aromatic nitrogens is 2. The third-order valence-corrected chi connectivity index (χ3v) is 4.56. The SMILES string of the molecule is O=C(c1noc(-c2ccc(F)c(O)c2)n1)N1CCC(c2ccccc2)C1. The van der Waals surface area contributed by atoms with Gasteiger partial charge in [0.1, 0.15) is 0 Å². The van der Waals surface area contributed by atoms with Gasteiger partial charge in [-0.05, 0) is 30.2 Å². The number of amides is 1. The van der Waals surface area contributed by atoms with Crippen LogP contribution in [0.2, 0.25) is 0 Å². The Labute approximate surface area is 148 Å². The molecule has 1 fully saturated rings. The normalized spacial score (nSPS) is 16.8. The zero-order valence-electron chi connectivity index (χ0n) is 13.8. The molecule has 7 heteroatoms. The summed E-state index contributed by atoms with van der Waals surface area (Å²) in [5.41, 5.74) is 1.55. The van der Waals surface area contributed by atoms with E-state index >= 15 is 0 Å². The molecule has 0 bridgehead atoms. The fourth-order valence-electron chi connectivity index (χ4n) is 3.16. The Morgan fingerprint density at radius 3 is 2.81 bits per heavy atom. The zero-order chi connectivity index (χ0) is 18.1. The summed E-state index contributed by atoms with van der Waals surface area (Å²) in [6, 6.07) is 13.7. The van der Waals surface area contributed by atoms with Gasteiger partial charge in [0, 0.05) is 24.6 Å². The second-order valence-electron chi connectivity index (χ2n) is 6.24. The van der Waals surface area contributed by atoms with Crippen LogP contribution in [0.1, 0.15) is 28.5 Å². The number of carbonyl (C=O) groups excluding carboxylic acids is 1. The van der Waals surface area contributed by atoms with Crippen molar-refractivity contribution in [2.24, 2.45) is 0 Å².